The fraction of sp³-hybridized carbons (Fsp3) is 0.300. The van der Waals surface area contributed by atoms with Crippen molar-refractivity contribution in [1.29, 1.82) is 5.26 Å². The Balaban J connectivity index is 0.00000225. The number of fused-ring (bicyclic) bond motifs is 1. The SMILES string of the molecule is CCc1ccc(C(=O)Nc2ccc3c(c2)CN(C)CC3)cc1C#N.Cl. The van der Waals surface area contributed by atoms with Crippen molar-refractivity contribution in [3.05, 3.63) is 64.2 Å². The van der Waals surface area contributed by atoms with Gasteiger partial charge >= 0.3 is 0 Å². The number of anilines is 1. The van der Waals surface area contributed by atoms with Crippen molar-refractivity contribution in [2.45, 2.75) is 26.3 Å². The zero-order chi connectivity index (χ0) is 17.1. The number of carbonyl (C=O) groups excluding carboxylic acids is 1. The second kappa shape index (κ2) is 8.15. The fourth-order valence-electron chi connectivity index (χ4n) is 3.11. The van der Waals surface area contributed by atoms with Gasteiger partial charge in [0.15, 0.2) is 0 Å². The molecule has 1 N–H and O–H groups in total. The minimum absolute atomic E-state index is 0. The van der Waals surface area contributed by atoms with E-state index in [2.05, 4.69) is 35.5 Å². The molecule has 0 aliphatic carbocycles. The molecule has 1 aliphatic rings. The Morgan fingerprint density at radius 1 is 1.24 bits per heavy atom. The predicted molar refractivity (Wildman–Crippen MR) is 102 cm³/mol. The zero-order valence-corrected chi connectivity index (χ0v) is 15.3. The van der Waals surface area contributed by atoms with Crippen LogP contribution in [0.4, 0.5) is 5.69 Å². The lowest BCUT2D eigenvalue weighted by molar-refractivity contribution is 0.102. The van der Waals surface area contributed by atoms with Gasteiger partial charge in [0, 0.05) is 24.3 Å². The Hall–Kier alpha value is -2.35. The molecule has 0 aromatic heterocycles. The van der Waals surface area contributed by atoms with E-state index in [4.69, 9.17) is 0 Å². The molecule has 2 aromatic carbocycles. The molecule has 3 rings (SSSR count). The first-order valence-corrected chi connectivity index (χ1v) is 8.25. The van der Waals surface area contributed by atoms with E-state index in [1.54, 1.807) is 12.1 Å². The maximum absolute atomic E-state index is 12.5. The Labute approximate surface area is 154 Å². The summed E-state index contributed by atoms with van der Waals surface area (Å²) < 4.78 is 0. The number of aryl methyl sites for hydroxylation is 1. The first-order chi connectivity index (χ1) is 11.6. The molecule has 0 saturated carbocycles. The summed E-state index contributed by atoms with van der Waals surface area (Å²) in [5, 5.41) is 12.2. The van der Waals surface area contributed by atoms with Gasteiger partial charge in [-0.2, -0.15) is 5.26 Å². The number of hydrogen-bond donors (Lipinski definition) is 1. The van der Waals surface area contributed by atoms with Gasteiger partial charge in [-0.05, 0) is 60.8 Å². The molecule has 0 unspecified atom stereocenters. The monoisotopic (exact) mass is 355 g/mol. The quantitative estimate of drug-likeness (QED) is 0.911. The van der Waals surface area contributed by atoms with Crippen molar-refractivity contribution in [3.63, 3.8) is 0 Å². The van der Waals surface area contributed by atoms with E-state index in [9.17, 15) is 10.1 Å². The first-order valence-electron chi connectivity index (χ1n) is 8.25. The highest BCUT2D eigenvalue weighted by molar-refractivity contribution is 6.04. The minimum Gasteiger partial charge on any atom is -0.322 e. The van der Waals surface area contributed by atoms with Crippen LogP contribution in [0.3, 0.4) is 0 Å². The lowest BCUT2D eigenvalue weighted by atomic mass is 9.99. The van der Waals surface area contributed by atoms with E-state index >= 15 is 0 Å². The normalized spacial score (nSPS) is 13.3. The van der Waals surface area contributed by atoms with E-state index in [1.165, 1.54) is 11.1 Å². The molecule has 5 heteroatoms. The van der Waals surface area contributed by atoms with Gasteiger partial charge < -0.3 is 10.2 Å². The van der Waals surface area contributed by atoms with Crippen LogP contribution in [0.15, 0.2) is 36.4 Å². The molecule has 0 radical (unpaired) electrons. The van der Waals surface area contributed by atoms with Crippen molar-refractivity contribution >= 4 is 24.0 Å². The number of rotatable bonds is 3. The molecule has 0 atom stereocenters. The van der Waals surface area contributed by atoms with Gasteiger partial charge in [-0.3, -0.25) is 4.79 Å². The second-order valence-corrected chi connectivity index (χ2v) is 6.26. The molecule has 0 spiro atoms. The standard InChI is InChI=1S/C20H21N3O.ClH/c1-3-14-4-5-16(10-17(14)12-21)20(24)22-19-7-6-15-8-9-23(2)13-18(15)11-19;/h4-7,10-11H,3,8-9,13H2,1-2H3,(H,22,24);1H. The molecule has 0 bridgehead atoms. The van der Waals surface area contributed by atoms with Crippen LogP contribution in [0.5, 0.6) is 0 Å². The topological polar surface area (TPSA) is 56.1 Å². The lowest BCUT2D eigenvalue weighted by Crippen LogP contribution is -2.26. The van der Waals surface area contributed by atoms with Crippen molar-refractivity contribution in [2.24, 2.45) is 0 Å². The van der Waals surface area contributed by atoms with Crippen molar-refractivity contribution in [2.75, 3.05) is 18.9 Å². The van der Waals surface area contributed by atoms with E-state index in [0.717, 1.165) is 37.2 Å². The van der Waals surface area contributed by atoms with Gasteiger partial charge in [0.1, 0.15) is 0 Å². The predicted octanol–water partition coefficient (Wildman–Crippen LogP) is 3.78. The van der Waals surface area contributed by atoms with Crippen LogP contribution < -0.4 is 5.32 Å². The van der Waals surface area contributed by atoms with Crippen LogP contribution in [0.1, 0.15) is 39.5 Å². The first kappa shape index (κ1) is 19.0. The van der Waals surface area contributed by atoms with E-state index in [-0.39, 0.29) is 18.3 Å². The highest BCUT2D eigenvalue weighted by Crippen LogP contribution is 2.22. The third-order valence-electron chi connectivity index (χ3n) is 4.54. The summed E-state index contributed by atoms with van der Waals surface area (Å²) in [7, 11) is 2.10. The molecule has 1 aliphatic heterocycles. The van der Waals surface area contributed by atoms with Crippen LogP contribution in [-0.2, 0) is 19.4 Å². The maximum atomic E-state index is 12.5. The summed E-state index contributed by atoms with van der Waals surface area (Å²) in [6.07, 6.45) is 1.83. The molecule has 0 saturated heterocycles. The molecule has 1 heterocycles. The van der Waals surface area contributed by atoms with E-state index in [0.29, 0.717) is 11.1 Å². The summed E-state index contributed by atoms with van der Waals surface area (Å²) in [6.45, 7) is 3.97. The van der Waals surface area contributed by atoms with E-state index < -0.39 is 0 Å². The van der Waals surface area contributed by atoms with Crippen LogP contribution >= 0.6 is 12.4 Å². The third-order valence-corrected chi connectivity index (χ3v) is 4.54. The Bertz CT molecular complexity index is 826. The number of benzene rings is 2. The largest absolute Gasteiger partial charge is 0.322 e. The average Bonchev–Trinajstić information content (AvgIpc) is 2.60. The fourth-order valence-corrected chi connectivity index (χ4v) is 3.11. The third kappa shape index (κ3) is 4.19. The molecule has 25 heavy (non-hydrogen) atoms. The highest BCUT2D eigenvalue weighted by atomic mass is 35.5. The number of nitrogens with zero attached hydrogens (tertiary/aromatic N) is 2. The summed E-state index contributed by atoms with van der Waals surface area (Å²) in [5.41, 5.74) is 5.46. The maximum Gasteiger partial charge on any atom is 0.255 e. The van der Waals surface area contributed by atoms with Crippen LogP contribution in [0.25, 0.3) is 0 Å². The smallest absolute Gasteiger partial charge is 0.255 e. The van der Waals surface area contributed by atoms with Crippen LogP contribution in [0.2, 0.25) is 0 Å². The van der Waals surface area contributed by atoms with Gasteiger partial charge in [0.25, 0.3) is 5.91 Å². The highest BCUT2D eigenvalue weighted by Gasteiger charge is 2.15. The van der Waals surface area contributed by atoms with Gasteiger partial charge in [0.2, 0.25) is 0 Å². The number of nitrogens with one attached hydrogen (secondary N) is 1. The molecular formula is C20H22ClN3O. The van der Waals surface area contributed by atoms with Crippen molar-refractivity contribution < 1.29 is 4.79 Å². The number of likely N-dealkylation sites (N-methyl/N-ethyl adjacent to an activating group) is 1. The molecular weight excluding hydrogens is 334 g/mol. The zero-order valence-electron chi connectivity index (χ0n) is 14.5. The average molecular weight is 356 g/mol. The van der Waals surface area contributed by atoms with Gasteiger partial charge in [0.05, 0.1) is 11.6 Å². The second-order valence-electron chi connectivity index (χ2n) is 6.26. The molecule has 0 fully saturated rings. The molecule has 4 nitrogen and oxygen atoms in total. The number of amides is 1. The molecule has 2 aromatic rings. The van der Waals surface area contributed by atoms with Crippen molar-refractivity contribution in [3.8, 4) is 6.07 Å². The number of halogens is 1. The number of nitriles is 1. The lowest BCUT2D eigenvalue weighted by Gasteiger charge is -2.25. The van der Waals surface area contributed by atoms with Crippen molar-refractivity contribution in [1.82, 2.24) is 4.90 Å². The van der Waals surface area contributed by atoms with E-state index in [1.807, 2.05) is 19.1 Å². The Morgan fingerprint density at radius 3 is 2.76 bits per heavy atom. The summed E-state index contributed by atoms with van der Waals surface area (Å²) in [5.74, 6) is -0.182. The Morgan fingerprint density at radius 2 is 2.04 bits per heavy atom. The molecule has 130 valence electrons. The summed E-state index contributed by atoms with van der Waals surface area (Å²) in [4.78, 5) is 14.8. The number of carbonyl (C=O) groups is 1. The van der Waals surface area contributed by atoms with Gasteiger partial charge in [-0.1, -0.05) is 19.1 Å². The van der Waals surface area contributed by atoms with Crippen LogP contribution in [-0.4, -0.2) is 24.4 Å². The minimum atomic E-state index is -0.182. The van der Waals surface area contributed by atoms with Gasteiger partial charge in [-0.25, -0.2) is 0 Å². The number of hydrogen-bond acceptors (Lipinski definition) is 3. The molecule has 1 amide bonds. The summed E-state index contributed by atoms with van der Waals surface area (Å²) >= 11 is 0. The van der Waals surface area contributed by atoms with Gasteiger partial charge in [-0.15, -0.1) is 12.4 Å². The van der Waals surface area contributed by atoms with Crippen LogP contribution in [0, 0.1) is 11.3 Å². The summed E-state index contributed by atoms with van der Waals surface area (Å²) in [6, 6.07) is 13.6. The Kier molecular flexibility index (Phi) is 6.19.